The first kappa shape index (κ1) is 11.2. The Morgan fingerprint density at radius 2 is 2.12 bits per heavy atom. The molecule has 3 rings (SSSR count). The van der Waals surface area contributed by atoms with Crippen LogP contribution >= 0.6 is 11.3 Å². The Bertz CT molecular complexity index is 521. The van der Waals surface area contributed by atoms with E-state index >= 15 is 0 Å². The number of aliphatic hydroxyl groups is 1. The van der Waals surface area contributed by atoms with Crippen molar-refractivity contribution in [2.75, 3.05) is 0 Å². The molecule has 2 aromatic rings. The van der Waals surface area contributed by atoms with Gasteiger partial charge in [0.1, 0.15) is 0 Å². The first-order valence-electron chi connectivity index (χ1n) is 6.07. The van der Waals surface area contributed by atoms with Crippen LogP contribution in [0.5, 0.6) is 0 Å². The van der Waals surface area contributed by atoms with Crippen molar-refractivity contribution < 1.29 is 5.11 Å². The van der Waals surface area contributed by atoms with Gasteiger partial charge in [-0.15, -0.1) is 11.3 Å². The van der Waals surface area contributed by atoms with E-state index in [1.165, 1.54) is 4.70 Å². The molecule has 0 saturated heterocycles. The van der Waals surface area contributed by atoms with Gasteiger partial charge in [0.05, 0.1) is 20.8 Å². The van der Waals surface area contributed by atoms with Gasteiger partial charge in [0.25, 0.3) is 0 Å². The molecule has 1 aliphatic carbocycles. The van der Waals surface area contributed by atoms with Crippen molar-refractivity contribution in [3.05, 3.63) is 29.3 Å². The fourth-order valence-electron chi connectivity index (χ4n) is 2.23. The predicted octanol–water partition coefficient (Wildman–Crippen LogP) is 3.39. The molecule has 0 amide bonds. The second-order valence-corrected chi connectivity index (χ2v) is 6.70. The van der Waals surface area contributed by atoms with E-state index in [1.807, 2.05) is 25.1 Å². The Labute approximate surface area is 105 Å². The van der Waals surface area contributed by atoms with E-state index in [0.717, 1.165) is 23.4 Å². The molecule has 2 nitrogen and oxygen atoms in total. The van der Waals surface area contributed by atoms with Gasteiger partial charge in [-0.25, -0.2) is 4.98 Å². The predicted molar refractivity (Wildman–Crippen MR) is 71.3 cm³/mol. The number of aromatic nitrogens is 1. The molecular weight excluding hydrogens is 230 g/mol. The third-order valence-corrected chi connectivity index (χ3v) is 5.17. The van der Waals surface area contributed by atoms with E-state index in [2.05, 4.69) is 18.0 Å². The van der Waals surface area contributed by atoms with Gasteiger partial charge in [0.15, 0.2) is 0 Å². The van der Waals surface area contributed by atoms with Crippen molar-refractivity contribution in [2.24, 2.45) is 5.41 Å². The fraction of sp³-hybridized carbons (Fsp3) is 0.500. The fourth-order valence-corrected chi connectivity index (χ4v) is 3.35. The lowest BCUT2D eigenvalue weighted by Crippen LogP contribution is -2.36. The lowest BCUT2D eigenvalue weighted by atomic mass is 9.85. The van der Waals surface area contributed by atoms with E-state index < -0.39 is 5.60 Å². The summed E-state index contributed by atoms with van der Waals surface area (Å²) >= 11 is 1.70. The van der Waals surface area contributed by atoms with Crippen LogP contribution in [-0.2, 0) is 6.42 Å². The summed E-state index contributed by atoms with van der Waals surface area (Å²) in [6, 6.07) is 8.16. The number of hydrogen-bond acceptors (Lipinski definition) is 3. The molecule has 17 heavy (non-hydrogen) atoms. The first-order chi connectivity index (χ1) is 8.00. The van der Waals surface area contributed by atoms with Crippen LogP contribution in [0.3, 0.4) is 0 Å². The summed E-state index contributed by atoms with van der Waals surface area (Å²) < 4.78 is 1.21. The summed E-state index contributed by atoms with van der Waals surface area (Å²) in [5, 5.41) is 11.6. The highest BCUT2D eigenvalue weighted by molar-refractivity contribution is 7.18. The molecule has 0 bridgehead atoms. The van der Waals surface area contributed by atoms with E-state index in [1.54, 1.807) is 11.3 Å². The number of thiazole rings is 1. The Balaban J connectivity index is 1.90. The van der Waals surface area contributed by atoms with Gasteiger partial charge in [-0.2, -0.15) is 0 Å². The maximum atomic E-state index is 10.6. The lowest BCUT2D eigenvalue weighted by molar-refractivity contribution is -0.00701. The minimum absolute atomic E-state index is 0.102. The Kier molecular flexibility index (Phi) is 2.32. The van der Waals surface area contributed by atoms with Gasteiger partial charge in [-0.05, 0) is 37.3 Å². The van der Waals surface area contributed by atoms with Gasteiger partial charge in [-0.1, -0.05) is 19.1 Å². The largest absolute Gasteiger partial charge is 0.389 e. The number of hydrogen-bond donors (Lipinski definition) is 1. The minimum atomic E-state index is -0.624. The van der Waals surface area contributed by atoms with Gasteiger partial charge in [0, 0.05) is 6.42 Å². The van der Waals surface area contributed by atoms with Crippen LogP contribution in [0.15, 0.2) is 24.3 Å². The van der Waals surface area contributed by atoms with E-state index in [9.17, 15) is 5.11 Å². The summed E-state index contributed by atoms with van der Waals surface area (Å²) in [5.74, 6) is 0. The maximum Gasteiger partial charge on any atom is 0.0967 e. The standard InChI is InChI=1S/C14H17NOS/c1-13(7-8-13)14(2,16)9-12-15-10-5-3-4-6-11(10)17-12/h3-6,16H,7-9H2,1-2H3. The number of para-hydroxylation sites is 1. The van der Waals surface area contributed by atoms with Crippen molar-refractivity contribution in [2.45, 2.75) is 38.7 Å². The molecule has 0 radical (unpaired) electrons. The molecule has 1 N–H and O–H groups in total. The highest BCUT2D eigenvalue weighted by atomic mass is 32.1. The molecule has 3 heteroatoms. The van der Waals surface area contributed by atoms with Crippen LogP contribution in [0.25, 0.3) is 10.2 Å². The normalized spacial score (nSPS) is 21.4. The van der Waals surface area contributed by atoms with Crippen LogP contribution in [0.2, 0.25) is 0 Å². The monoisotopic (exact) mass is 247 g/mol. The molecule has 1 atom stereocenters. The molecule has 1 fully saturated rings. The van der Waals surface area contributed by atoms with Crippen molar-refractivity contribution in [1.82, 2.24) is 4.98 Å². The summed E-state index contributed by atoms with van der Waals surface area (Å²) in [5.41, 5.74) is 0.524. The highest BCUT2D eigenvalue weighted by Gasteiger charge is 2.52. The number of rotatable bonds is 3. The zero-order valence-electron chi connectivity index (χ0n) is 10.2. The Morgan fingerprint density at radius 1 is 1.41 bits per heavy atom. The van der Waals surface area contributed by atoms with Crippen molar-refractivity contribution in [1.29, 1.82) is 0 Å². The SMILES string of the molecule is CC(O)(Cc1nc2ccccc2s1)C1(C)CC1. The van der Waals surface area contributed by atoms with Gasteiger partial charge in [0.2, 0.25) is 0 Å². The van der Waals surface area contributed by atoms with E-state index in [-0.39, 0.29) is 5.41 Å². The third kappa shape index (κ3) is 1.87. The molecule has 1 heterocycles. The van der Waals surface area contributed by atoms with Crippen LogP contribution in [-0.4, -0.2) is 15.7 Å². The number of nitrogens with zero attached hydrogens (tertiary/aromatic N) is 1. The third-order valence-electron chi connectivity index (χ3n) is 4.13. The summed E-state index contributed by atoms with van der Waals surface area (Å²) in [6.07, 6.45) is 2.93. The molecule has 0 spiro atoms. The second-order valence-electron chi connectivity index (χ2n) is 5.59. The second kappa shape index (κ2) is 3.53. The molecule has 1 aromatic heterocycles. The van der Waals surface area contributed by atoms with Crippen molar-refractivity contribution in [3.8, 4) is 0 Å². The average molecular weight is 247 g/mol. The maximum absolute atomic E-state index is 10.6. The molecular formula is C14H17NOS. The molecule has 90 valence electrons. The molecule has 1 aromatic carbocycles. The van der Waals surface area contributed by atoms with Gasteiger partial charge in [-0.3, -0.25) is 0 Å². The van der Waals surface area contributed by atoms with Crippen LogP contribution in [0.1, 0.15) is 31.7 Å². The van der Waals surface area contributed by atoms with E-state index in [4.69, 9.17) is 0 Å². The minimum Gasteiger partial charge on any atom is -0.389 e. The first-order valence-corrected chi connectivity index (χ1v) is 6.89. The Morgan fingerprint density at radius 3 is 2.76 bits per heavy atom. The van der Waals surface area contributed by atoms with Crippen molar-refractivity contribution >= 4 is 21.6 Å². The van der Waals surface area contributed by atoms with Crippen LogP contribution in [0.4, 0.5) is 0 Å². The molecule has 1 saturated carbocycles. The molecule has 1 aliphatic rings. The number of benzene rings is 1. The Hall–Kier alpha value is -0.930. The summed E-state index contributed by atoms with van der Waals surface area (Å²) in [7, 11) is 0. The zero-order chi connectivity index (χ0) is 12.1. The molecule has 1 unspecified atom stereocenters. The van der Waals surface area contributed by atoms with Gasteiger partial charge >= 0.3 is 0 Å². The van der Waals surface area contributed by atoms with Crippen molar-refractivity contribution in [3.63, 3.8) is 0 Å². The average Bonchev–Trinajstić information content (AvgIpc) is 2.91. The topological polar surface area (TPSA) is 33.1 Å². The highest BCUT2D eigenvalue weighted by Crippen LogP contribution is 2.54. The zero-order valence-corrected chi connectivity index (χ0v) is 11.0. The smallest absolute Gasteiger partial charge is 0.0967 e. The van der Waals surface area contributed by atoms with Crippen LogP contribution in [0, 0.1) is 5.41 Å². The summed E-state index contributed by atoms with van der Waals surface area (Å²) in [6.45, 7) is 4.12. The van der Waals surface area contributed by atoms with Crippen LogP contribution < -0.4 is 0 Å². The van der Waals surface area contributed by atoms with E-state index in [0.29, 0.717) is 6.42 Å². The summed E-state index contributed by atoms with van der Waals surface area (Å²) in [4.78, 5) is 4.60. The lowest BCUT2D eigenvalue weighted by Gasteiger charge is -2.29. The number of fused-ring (bicyclic) bond motifs is 1. The van der Waals surface area contributed by atoms with Gasteiger partial charge < -0.3 is 5.11 Å². The molecule has 0 aliphatic heterocycles. The quantitative estimate of drug-likeness (QED) is 0.902.